The Kier molecular flexibility index (Phi) is 4.34. The van der Waals surface area contributed by atoms with E-state index in [1.165, 1.54) is 12.3 Å². The van der Waals surface area contributed by atoms with Crippen molar-refractivity contribution in [1.29, 1.82) is 0 Å². The predicted molar refractivity (Wildman–Crippen MR) is 83.3 cm³/mol. The summed E-state index contributed by atoms with van der Waals surface area (Å²) in [5.74, 6) is 0.491. The monoisotopic (exact) mass is 316 g/mol. The van der Waals surface area contributed by atoms with Gasteiger partial charge in [0.15, 0.2) is 5.69 Å². The molecule has 1 aromatic carbocycles. The SMILES string of the molecule is Cc1cccc(OC[C@@]2(O)CCCN(C(=O)c3ccon3)C2)c1. The summed E-state index contributed by atoms with van der Waals surface area (Å²) in [7, 11) is 0. The molecule has 122 valence electrons. The molecular weight excluding hydrogens is 296 g/mol. The smallest absolute Gasteiger partial charge is 0.276 e. The van der Waals surface area contributed by atoms with Gasteiger partial charge in [-0.1, -0.05) is 17.3 Å². The van der Waals surface area contributed by atoms with Crippen LogP contribution in [0.15, 0.2) is 41.1 Å². The van der Waals surface area contributed by atoms with E-state index in [-0.39, 0.29) is 24.8 Å². The van der Waals surface area contributed by atoms with Crippen LogP contribution in [0.4, 0.5) is 0 Å². The van der Waals surface area contributed by atoms with E-state index < -0.39 is 5.60 Å². The van der Waals surface area contributed by atoms with Crippen LogP contribution in [0.1, 0.15) is 28.9 Å². The highest BCUT2D eigenvalue weighted by atomic mass is 16.5. The van der Waals surface area contributed by atoms with Crippen molar-refractivity contribution < 1.29 is 19.2 Å². The lowest BCUT2D eigenvalue weighted by Crippen LogP contribution is -2.53. The molecule has 0 saturated carbocycles. The minimum Gasteiger partial charge on any atom is -0.491 e. The minimum absolute atomic E-state index is 0.152. The highest BCUT2D eigenvalue weighted by Crippen LogP contribution is 2.24. The Morgan fingerprint density at radius 3 is 3.09 bits per heavy atom. The lowest BCUT2D eigenvalue weighted by atomic mass is 9.93. The fourth-order valence-electron chi connectivity index (χ4n) is 2.81. The third-order valence-electron chi connectivity index (χ3n) is 4.00. The number of amides is 1. The second-order valence-electron chi connectivity index (χ2n) is 6.04. The molecule has 1 aliphatic heterocycles. The van der Waals surface area contributed by atoms with Gasteiger partial charge in [-0.05, 0) is 37.5 Å². The first-order valence-corrected chi connectivity index (χ1v) is 7.67. The largest absolute Gasteiger partial charge is 0.491 e. The number of nitrogens with zero attached hydrogens (tertiary/aromatic N) is 2. The minimum atomic E-state index is -1.05. The van der Waals surface area contributed by atoms with Crippen LogP contribution in [0.25, 0.3) is 0 Å². The number of rotatable bonds is 4. The molecule has 0 unspecified atom stereocenters. The van der Waals surface area contributed by atoms with Crippen molar-refractivity contribution in [3.05, 3.63) is 47.9 Å². The number of aromatic nitrogens is 1. The maximum atomic E-state index is 12.3. The Morgan fingerprint density at radius 1 is 1.48 bits per heavy atom. The van der Waals surface area contributed by atoms with Crippen molar-refractivity contribution >= 4 is 5.91 Å². The van der Waals surface area contributed by atoms with Gasteiger partial charge >= 0.3 is 0 Å². The van der Waals surface area contributed by atoms with Crippen LogP contribution in [0.3, 0.4) is 0 Å². The Hall–Kier alpha value is -2.34. The van der Waals surface area contributed by atoms with Crippen LogP contribution in [0, 0.1) is 6.92 Å². The van der Waals surface area contributed by atoms with Gasteiger partial charge in [-0.3, -0.25) is 4.79 Å². The number of ether oxygens (including phenoxy) is 1. The van der Waals surface area contributed by atoms with E-state index in [0.29, 0.717) is 13.0 Å². The second-order valence-corrected chi connectivity index (χ2v) is 6.04. The molecule has 1 aliphatic rings. The van der Waals surface area contributed by atoms with Crippen LogP contribution in [0.2, 0.25) is 0 Å². The Labute approximate surface area is 134 Å². The average Bonchev–Trinajstić information content (AvgIpc) is 3.07. The molecule has 1 saturated heterocycles. The number of carbonyl (C=O) groups excluding carboxylic acids is 1. The second kappa shape index (κ2) is 6.42. The maximum Gasteiger partial charge on any atom is 0.276 e. The summed E-state index contributed by atoms with van der Waals surface area (Å²) in [5, 5.41) is 14.4. The van der Waals surface area contributed by atoms with Crippen LogP contribution in [-0.4, -0.2) is 46.4 Å². The van der Waals surface area contributed by atoms with Gasteiger partial charge in [-0.2, -0.15) is 0 Å². The van der Waals surface area contributed by atoms with E-state index in [1.807, 2.05) is 31.2 Å². The first-order valence-electron chi connectivity index (χ1n) is 7.67. The summed E-state index contributed by atoms with van der Waals surface area (Å²) >= 11 is 0. The summed E-state index contributed by atoms with van der Waals surface area (Å²) in [6, 6.07) is 9.21. The summed E-state index contributed by atoms with van der Waals surface area (Å²) < 4.78 is 10.4. The van der Waals surface area contributed by atoms with Crippen molar-refractivity contribution in [1.82, 2.24) is 10.1 Å². The van der Waals surface area contributed by atoms with Gasteiger partial charge < -0.3 is 19.3 Å². The summed E-state index contributed by atoms with van der Waals surface area (Å²) in [5.41, 5.74) is 0.302. The molecular formula is C17H20N2O4. The number of hydrogen-bond donors (Lipinski definition) is 1. The van der Waals surface area contributed by atoms with Crippen molar-refractivity contribution in [3.8, 4) is 5.75 Å². The number of hydrogen-bond acceptors (Lipinski definition) is 5. The number of carbonyl (C=O) groups is 1. The van der Waals surface area contributed by atoms with Crippen molar-refractivity contribution in [2.75, 3.05) is 19.7 Å². The molecule has 0 radical (unpaired) electrons. The van der Waals surface area contributed by atoms with Crippen molar-refractivity contribution in [2.45, 2.75) is 25.4 Å². The zero-order valence-corrected chi connectivity index (χ0v) is 13.1. The Bertz CT molecular complexity index is 671. The van der Waals surface area contributed by atoms with Gasteiger partial charge in [-0.25, -0.2) is 0 Å². The van der Waals surface area contributed by atoms with E-state index in [1.54, 1.807) is 4.90 Å². The molecule has 1 amide bonds. The molecule has 1 N–H and O–H groups in total. The quantitative estimate of drug-likeness (QED) is 0.934. The first-order chi connectivity index (χ1) is 11.1. The van der Waals surface area contributed by atoms with Crippen LogP contribution >= 0.6 is 0 Å². The predicted octanol–water partition coefficient (Wildman–Crippen LogP) is 2.03. The first kappa shape index (κ1) is 15.6. The Balaban J connectivity index is 1.63. The molecule has 3 rings (SSSR count). The van der Waals surface area contributed by atoms with Gasteiger partial charge in [0.25, 0.3) is 5.91 Å². The van der Waals surface area contributed by atoms with Gasteiger partial charge in [0.2, 0.25) is 0 Å². The zero-order chi connectivity index (χ0) is 16.3. The van der Waals surface area contributed by atoms with Crippen molar-refractivity contribution in [2.24, 2.45) is 0 Å². The molecule has 1 atom stereocenters. The molecule has 2 aromatic rings. The van der Waals surface area contributed by atoms with Gasteiger partial charge in [0.05, 0.1) is 6.54 Å². The number of aryl methyl sites for hydroxylation is 1. The summed E-state index contributed by atoms with van der Waals surface area (Å²) in [6.45, 7) is 2.96. The van der Waals surface area contributed by atoms with E-state index in [2.05, 4.69) is 5.16 Å². The lowest BCUT2D eigenvalue weighted by Gasteiger charge is -2.38. The Morgan fingerprint density at radius 2 is 2.35 bits per heavy atom. The van der Waals surface area contributed by atoms with Crippen LogP contribution < -0.4 is 4.74 Å². The number of aliphatic hydroxyl groups is 1. The molecule has 0 aliphatic carbocycles. The van der Waals surface area contributed by atoms with Crippen molar-refractivity contribution in [3.63, 3.8) is 0 Å². The molecule has 2 heterocycles. The third kappa shape index (κ3) is 3.71. The number of likely N-dealkylation sites (tertiary alicyclic amines) is 1. The molecule has 1 aromatic heterocycles. The zero-order valence-electron chi connectivity index (χ0n) is 13.1. The number of piperidine rings is 1. The molecule has 23 heavy (non-hydrogen) atoms. The standard InChI is InChI=1S/C17H20N2O4/c1-13-4-2-5-14(10-13)22-12-17(21)7-3-8-19(11-17)16(20)15-6-9-23-18-15/h2,4-6,9-10,21H,3,7-8,11-12H2,1H3/t17-/m1/s1. The average molecular weight is 316 g/mol. The molecule has 1 fully saturated rings. The fourth-order valence-corrected chi connectivity index (χ4v) is 2.81. The number of β-amino-alcohol motifs (C(OH)–C–C–N with tert-alkyl or cyclic N) is 1. The highest BCUT2D eigenvalue weighted by Gasteiger charge is 2.36. The molecule has 0 bridgehead atoms. The van der Waals surface area contributed by atoms with E-state index in [0.717, 1.165) is 17.7 Å². The normalized spacial score (nSPS) is 21.2. The van der Waals surface area contributed by atoms with E-state index in [9.17, 15) is 9.90 Å². The highest BCUT2D eigenvalue weighted by molar-refractivity contribution is 5.92. The van der Waals surface area contributed by atoms with Gasteiger partial charge in [-0.15, -0.1) is 0 Å². The van der Waals surface area contributed by atoms with Gasteiger partial charge in [0, 0.05) is 12.6 Å². The number of benzene rings is 1. The molecule has 6 heteroatoms. The van der Waals surface area contributed by atoms with Crippen LogP contribution in [-0.2, 0) is 0 Å². The molecule has 6 nitrogen and oxygen atoms in total. The van der Waals surface area contributed by atoms with Gasteiger partial charge in [0.1, 0.15) is 24.2 Å². The maximum absolute atomic E-state index is 12.3. The fraction of sp³-hybridized carbons (Fsp3) is 0.412. The third-order valence-corrected chi connectivity index (χ3v) is 4.00. The molecule has 0 spiro atoms. The summed E-state index contributed by atoms with van der Waals surface area (Å²) in [4.78, 5) is 13.9. The topological polar surface area (TPSA) is 75.8 Å². The van der Waals surface area contributed by atoms with E-state index >= 15 is 0 Å². The lowest BCUT2D eigenvalue weighted by molar-refractivity contribution is -0.0533. The van der Waals surface area contributed by atoms with Crippen LogP contribution in [0.5, 0.6) is 5.75 Å². The van der Waals surface area contributed by atoms with E-state index in [4.69, 9.17) is 9.26 Å². The summed E-state index contributed by atoms with van der Waals surface area (Å²) in [6.07, 6.45) is 2.68.